The summed E-state index contributed by atoms with van der Waals surface area (Å²) in [5, 5.41) is 0. The molecule has 94 valence electrons. The molecular weight excluding hydrogens is 220 g/mol. The Kier molecular flexibility index (Phi) is 2.77. The van der Waals surface area contributed by atoms with Crippen molar-refractivity contribution in [3.05, 3.63) is 47.1 Å². The molecule has 0 aliphatic heterocycles. The first-order valence-corrected chi connectivity index (χ1v) is 6.79. The number of ether oxygens (including phenoxy) is 1. The van der Waals surface area contributed by atoms with Crippen molar-refractivity contribution in [1.29, 1.82) is 0 Å². The van der Waals surface area contributed by atoms with Crippen LogP contribution >= 0.6 is 0 Å². The molecule has 0 bridgehead atoms. The summed E-state index contributed by atoms with van der Waals surface area (Å²) in [7, 11) is 1.74. The largest absolute Gasteiger partial charge is 0.497 e. The van der Waals surface area contributed by atoms with Gasteiger partial charge in [0.05, 0.1) is 7.11 Å². The summed E-state index contributed by atoms with van der Waals surface area (Å²) in [5.41, 5.74) is 7.33. The second-order valence-electron chi connectivity index (χ2n) is 5.45. The molecule has 0 spiro atoms. The Labute approximate surface area is 109 Å². The quantitative estimate of drug-likeness (QED) is 0.707. The van der Waals surface area contributed by atoms with Crippen molar-refractivity contribution in [3.8, 4) is 5.75 Å². The zero-order valence-corrected chi connectivity index (χ0v) is 11.3. The number of hydrogen-bond acceptors (Lipinski definition) is 1. The third-order valence-electron chi connectivity index (χ3n) is 4.46. The van der Waals surface area contributed by atoms with Gasteiger partial charge in [0.2, 0.25) is 0 Å². The fourth-order valence-electron chi connectivity index (χ4n) is 3.24. The summed E-state index contributed by atoms with van der Waals surface area (Å²) in [4.78, 5) is 0. The monoisotopic (exact) mass is 240 g/mol. The smallest absolute Gasteiger partial charge is 0.119 e. The predicted octanol–water partition coefficient (Wildman–Crippen LogP) is 4.38. The van der Waals surface area contributed by atoms with E-state index in [0.717, 1.165) is 18.6 Å². The van der Waals surface area contributed by atoms with Crippen LogP contribution in [0, 0.1) is 5.92 Å². The van der Waals surface area contributed by atoms with Crippen LogP contribution < -0.4 is 4.74 Å². The highest BCUT2D eigenvalue weighted by Gasteiger charge is 2.26. The zero-order valence-electron chi connectivity index (χ0n) is 11.3. The van der Waals surface area contributed by atoms with Crippen molar-refractivity contribution in [2.75, 3.05) is 7.11 Å². The molecular formula is C17H20O. The van der Waals surface area contributed by atoms with Gasteiger partial charge in [-0.2, -0.15) is 0 Å². The third-order valence-corrected chi connectivity index (χ3v) is 4.46. The van der Waals surface area contributed by atoms with Gasteiger partial charge in [-0.1, -0.05) is 19.6 Å². The molecule has 0 N–H and O–H groups in total. The number of allylic oxidation sites excluding steroid dienone is 3. The topological polar surface area (TPSA) is 9.23 Å². The lowest BCUT2D eigenvalue weighted by atomic mass is 9.73. The molecule has 1 atom stereocenters. The lowest BCUT2D eigenvalue weighted by Gasteiger charge is -2.32. The van der Waals surface area contributed by atoms with E-state index in [4.69, 9.17) is 4.74 Å². The average Bonchev–Trinajstić information content (AvgIpc) is 2.41. The van der Waals surface area contributed by atoms with E-state index in [2.05, 4.69) is 31.7 Å². The molecule has 0 aromatic heterocycles. The Hall–Kier alpha value is -1.50. The van der Waals surface area contributed by atoms with Crippen LogP contribution in [0.4, 0.5) is 0 Å². The zero-order chi connectivity index (χ0) is 12.7. The van der Waals surface area contributed by atoms with Crippen molar-refractivity contribution in [2.45, 2.75) is 32.6 Å². The summed E-state index contributed by atoms with van der Waals surface area (Å²) < 4.78 is 5.32. The third kappa shape index (κ3) is 1.69. The van der Waals surface area contributed by atoms with Crippen molar-refractivity contribution in [1.82, 2.24) is 0 Å². The van der Waals surface area contributed by atoms with Crippen LogP contribution in [0.15, 0.2) is 35.9 Å². The van der Waals surface area contributed by atoms with Gasteiger partial charge in [0, 0.05) is 0 Å². The second kappa shape index (κ2) is 4.31. The Balaban J connectivity index is 2.09. The molecule has 2 aliphatic rings. The molecule has 0 saturated carbocycles. The minimum Gasteiger partial charge on any atom is -0.497 e. The van der Waals surface area contributed by atoms with Crippen molar-refractivity contribution in [3.63, 3.8) is 0 Å². The molecule has 1 heteroatoms. The summed E-state index contributed by atoms with van der Waals surface area (Å²) in [6.45, 7) is 6.60. The number of benzene rings is 1. The molecule has 0 saturated heterocycles. The first kappa shape index (κ1) is 11.6. The van der Waals surface area contributed by atoms with Gasteiger partial charge in [-0.05, 0) is 71.6 Å². The highest BCUT2D eigenvalue weighted by atomic mass is 16.5. The SMILES string of the molecule is C=C1C2=C(CCC1C)c1ccc(OC)cc1CC2. The molecule has 1 unspecified atom stereocenters. The maximum atomic E-state index is 5.32. The molecule has 18 heavy (non-hydrogen) atoms. The minimum atomic E-state index is 0.656. The van der Waals surface area contributed by atoms with Crippen molar-refractivity contribution in [2.24, 2.45) is 5.92 Å². The molecule has 1 aromatic rings. The molecule has 3 rings (SSSR count). The first-order valence-electron chi connectivity index (χ1n) is 6.79. The van der Waals surface area contributed by atoms with Crippen LogP contribution in [-0.4, -0.2) is 7.11 Å². The summed E-state index contributed by atoms with van der Waals surface area (Å²) in [5.74, 6) is 1.63. The number of aryl methyl sites for hydroxylation is 1. The highest BCUT2D eigenvalue weighted by molar-refractivity contribution is 5.78. The van der Waals surface area contributed by atoms with Gasteiger partial charge in [0.1, 0.15) is 5.75 Å². The summed E-state index contributed by atoms with van der Waals surface area (Å²) >= 11 is 0. The van der Waals surface area contributed by atoms with Crippen molar-refractivity contribution < 1.29 is 4.74 Å². The molecule has 0 radical (unpaired) electrons. The lowest BCUT2D eigenvalue weighted by molar-refractivity contribution is 0.414. The van der Waals surface area contributed by atoms with Crippen LogP contribution in [0.3, 0.4) is 0 Å². The first-order chi connectivity index (χ1) is 8.70. The van der Waals surface area contributed by atoms with Gasteiger partial charge in [-0.15, -0.1) is 0 Å². The van der Waals surface area contributed by atoms with Gasteiger partial charge in [0.25, 0.3) is 0 Å². The minimum absolute atomic E-state index is 0.656. The second-order valence-corrected chi connectivity index (χ2v) is 5.45. The summed E-state index contributed by atoms with van der Waals surface area (Å²) in [6.07, 6.45) is 4.72. The maximum Gasteiger partial charge on any atom is 0.119 e. The Morgan fingerprint density at radius 3 is 2.78 bits per heavy atom. The van der Waals surface area contributed by atoms with Crippen LogP contribution in [0.1, 0.15) is 37.3 Å². The van der Waals surface area contributed by atoms with E-state index >= 15 is 0 Å². The van der Waals surface area contributed by atoms with E-state index in [9.17, 15) is 0 Å². The van der Waals surface area contributed by atoms with Gasteiger partial charge in [-0.3, -0.25) is 0 Å². The fourth-order valence-corrected chi connectivity index (χ4v) is 3.24. The van der Waals surface area contributed by atoms with E-state index in [-0.39, 0.29) is 0 Å². The van der Waals surface area contributed by atoms with Crippen LogP contribution in [0.5, 0.6) is 5.75 Å². The molecule has 2 aliphatic carbocycles. The number of hydrogen-bond donors (Lipinski definition) is 0. The fraction of sp³-hybridized carbons (Fsp3) is 0.412. The number of rotatable bonds is 1. The number of methoxy groups -OCH3 is 1. The molecule has 0 fully saturated rings. The number of fused-ring (bicyclic) bond motifs is 2. The average molecular weight is 240 g/mol. The summed E-state index contributed by atoms with van der Waals surface area (Å²) in [6, 6.07) is 6.50. The maximum absolute atomic E-state index is 5.32. The van der Waals surface area contributed by atoms with E-state index in [1.54, 1.807) is 12.7 Å². The standard InChI is InChI=1S/C17H20O/c1-11-4-7-17-15(12(11)2)8-5-13-10-14(18-3)6-9-16(13)17/h6,9-11H,2,4-5,7-8H2,1,3H3. The Morgan fingerprint density at radius 1 is 1.17 bits per heavy atom. The van der Waals surface area contributed by atoms with Crippen LogP contribution in [0.2, 0.25) is 0 Å². The van der Waals surface area contributed by atoms with E-state index in [1.165, 1.54) is 35.1 Å². The Morgan fingerprint density at radius 2 is 2.00 bits per heavy atom. The predicted molar refractivity (Wildman–Crippen MR) is 75.8 cm³/mol. The molecule has 1 aromatic carbocycles. The van der Waals surface area contributed by atoms with Gasteiger partial charge >= 0.3 is 0 Å². The van der Waals surface area contributed by atoms with E-state index < -0.39 is 0 Å². The van der Waals surface area contributed by atoms with Gasteiger partial charge in [-0.25, -0.2) is 0 Å². The molecule has 1 nitrogen and oxygen atoms in total. The molecule has 0 amide bonds. The van der Waals surface area contributed by atoms with E-state index in [1.807, 2.05) is 0 Å². The normalized spacial score (nSPS) is 22.6. The lowest BCUT2D eigenvalue weighted by Crippen LogP contribution is -2.15. The highest BCUT2D eigenvalue weighted by Crippen LogP contribution is 2.44. The van der Waals surface area contributed by atoms with E-state index in [0.29, 0.717) is 5.92 Å². The van der Waals surface area contributed by atoms with Gasteiger partial charge in [0.15, 0.2) is 0 Å². The molecule has 0 heterocycles. The van der Waals surface area contributed by atoms with Crippen molar-refractivity contribution >= 4 is 5.57 Å². The van der Waals surface area contributed by atoms with Crippen LogP contribution in [-0.2, 0) is 6.42 Å². The van der Waals surface area contributed by atoms with Gasteiger partial charge < -0.3 is 4.74 Å². The van der Waals surface area contributed by atoms with Crippen LogP contribution in [0.25, 0.3) is 5.57 Å². The Bertz CT molecular complexity index is 537.